The van der Waals surface area contributed by atoms with E-state index in [-0.39, 0.29) is 12.5 Å². The molecule has 0 bridgehead atoms. The molecule has 5 heteroatoms. The van der Waals surface area contributed by atoms with Crippen LogP contribution in [0.5, 0.6) is 17.2 Å². The highest BCUT2D eigenvalue weighted by atomic mass is 16.5. The van der Waals surface area contributed by atoms with Crippen molar-refractivity contribution in [2.75, 3.05) is 20.3 Å². The summed E-state index contributed by atoms with van der Waals surface area (Å²) in [5.74, 6) is 1.96. The molecule has 0 fully saturated rings. The standard InChI is InChI=1S/C18H21NO4/c1-3-22-17-7-5-4-6-14(17)12-19-18(20)13-23-16-10-8-15(21-2)9-11-16/h4-11H,3,12-13H2,1-2H3,(H,19,20). The Hall–Kier alpha value is -2.69. The molecule has 0 aliphatic heterocycles. The molecule has 23 heavy (non-hydrogen) atoms. The van der Waals surface area contributed by atoms with Crippen LogP contribution < -0.4 is 19.5 Å². The van der Waals surface area contributed by atoms with Crippen molar-refractivity contribution in [2.45, 2.75) is 13.5 Å². The molecule has 0 heterocycles. The molecule has 1 N–H and O–H groups in total. The zero-order valence-corrected chi connectivity index (χ0v) is 13.4. The fourth-order valence-corrected chi connectivity index (χ4v) is 2.01. The van der Waals surface area contributed by atoms with Crippen molar-refractivity contribution in [1.29, 1.82) is 0 Å². The van der Waals surface area contributed by atoms with Gasteiger partial charge in [0.25, 0.3) is 5.91 Å². The van der Waals surface area contributed by atoms with Crippen LogP contribution in [-0.2, 0) is 11.3 Å². The third-order valence-electron chi connectivity index (χ3n) is 3.18. The number of ether oxygens (including phenoxy) is 3. The largest absolute Gasteiger partial charge is 0.497 e. The molecular formula is C18H21NO4. The number of hydrogen-bond acceptors (Lipinski definition) is 4. The number of hydrogen-bond donors (Lipinski definition) is 1. The number of para-hydroxylation sites is 1. The van der Waals surface area contributed by atoms with Crippen LogP contribution in [0.4, 0.5) is 0 Å². The molecule has 0 unspecified atom stereocenters. The molecule has 0 atom stereocenters. The van der Waals surface area contributed by atoms with Gasteiger partial charge in [-0.25, -0.2) is 0 Å². The summed E-state index contributed by atoms with van der Waals surface area (Å²) in [7, 11) is 1.60. The highest BCUT2D eigenvalue weighted by Gasteiger charge is 2.06. The lowest BCUT2D eigenvalue weighted by atomic mass is 10.2. The zero-order valence-electron chi connectivity index (χ0n) is 13.4. The second kappa shape index (κ2) is 8.68. The van der Waals surface area contributed by atoms with Gasteiger partial charge in [0, 0.05) is 12.1 Å². The first-order chi connectivity index (χ1) is 11.2. The van der Waals surface area contributed by atoms with Crippen LogP contribution in [0.2, 0.25) is 0 Å². The molecule has 122 valence electrons. The monoisotopic (exact) mass is 315 g/mol. The van der Waals surface area contributed by atoms with E-state index in [0.29, 0.717) is 18.9 Å². The second-order valence-electron chi connectivity index (χ2n) is 4.78. The van der Waals surface area contributed by atoms with Crippen molar-refractivity contribution in [2.24, 2.45) is 0 Å². The Bertz CT molecular complexity index is 625. The molecule has 2 rings (SSSR count). The van der Waals surface area contributed by atoms with E-state index in [0.717, 1.165) is 17.1 Å². The quantitative estimate of drug-likeness (QED) is 0.814. The second-order valence-corrected chi connectivity index (χ2v) is 4.78. The average molecular weight is 315 g/mol. The van der Waals surface area contributed by atoms with Gasteiger partial charge in [0.15, 0.2) is 6.61 Å². The molecular weight excluding hydrogens is 294 g/mol. The van der Waals surface area contributed by atoms with Gasteiger partial charge in [0.1, 0.15) is 17.2 Å². The number of rotatable bonds is 8. The van der Waals surface area contributed by atoms with Gasteiger partial charge >= 0.3 is 0 Å². The van der Waals surface area contributed by atoms with Gasteiger partial charge in [0.05, 0.1) is 13.7 Å². The normalized spacial score (nSPS) is 10.0. The van der Waals surface area contributed by atoms with Gasteiger partial charge in [-0.15, -0.1) is 0 Å². The molecule has 0 saturated heterocycles. The highest BCUT2D eigenvalue weighted by molar-refractivity contribution is 5.77. The topological polar surface area (TPSA) is 56.8 Å². The molecule has 0 saturated carbocycles. The lowest BCUT2D eigenvalue weighted by molar-refractivity contribution is -0.123. The van der Waals surface area contributed by atoms with Gasteiger partial charge in [-0.1, -0.05) is 18.2 Å². The van der Waals surface area contributed by atoms with E-state index in [1.165, 1.54) is 0 Å². The van der Waals surface area contributed by atoms with E-state index in [9.17, 15) is 4.79 Å². The summed E-state index contributed by atoms with van der Waals surface area (Å²) < 4.78 is 16.0. The number of methoxy groups -OCH3 is 1. The SMILES string of the molecule is CCOc1ccccc1CNC(=O)COc1ccc(OC)cc1. The molecule has 2 aromatic rings. The molecule has 0 aromatic heterocycles. The van der Waals surface area contributed by atoms with Crippen molar-refractivity contribution in [3.63, 3.8) is 0 Å². The zero-order chi connectivity index (χ0) is 16.5. The molecule has 5 nitrogen and oxygen atoms in total. The van der Waals surface area contributed by atoms with E-state index in [1.807, 2.05) is 31.2 Å². The van der Waals surface area contributed by atoms with Crippen molar-refractivity contribution in [3.05, 3.63) is 54.1 Å². The smallest absolute Gasteiger partial charge is 0.258 e. The molecule has 0 aliphatic carbocycles. The van der Waals surface area contributed by atoms with Crippen molar-refractivity contribution in [1.82, 2.24) is 5.32 Å². The van der Waals surface area contributed by atoms with Crippen LogP contribution in [0, 0.1) is 0 Å². The minimum atomic E-state index is -0.188. The number of nitrogens with one attached hydrogen (secondary N) is 1. The van der Waals surface area contributed by atoms with Crippen LogP contribution in [0.25, 0.3) is 0 Å². The molecule has 1 amide bonds. The first kappa shape index (κ1) is 16.7. The Labute approximate surface area is 136 Å². The fraction of sp³-hybridized carbons (Fsp3) is 0.278. The molecule has 0 spiro atoms. The maximum atomic E-state index is 11.9. The van der Waals surface area contributed by atoms with E-state index in [1.54, 1.807) is 31.4 Å². The molecule has 2 aromatic carbocycles. The third kappa shape index (κ3) is 5.21. The number of amides is 1. The number of carbonyl (C=O) groups excluding carboxylic acids is 1. The Morgan fingerprint density at radius 1 is 1.00 bits per heavy atom. The van der Waals surface area contributed by atoms with E-state index in [2.05, 4.69) is 5.32 Å². The minimum absolute atomic E-state index is 0.0386. The van der Waals surface area contributed by atoms with Gasteiger partial charge in [-0.05, 0) is 37.3 Å². The summed E-state index contributed by atoms with van der Waals surface area (Å²) in [6, 6.07) is 14.7. The van der Waals surface area contributed by atoms with E-state index in [4.69, 9.17) is 14.2 Å². The van der Waals surface area contributed by atoms with Crippen LogP contribution in [0.15, 0.2) is 48.5 Å². The number of benzene rings is 2. The summed E-state index contributed by atoms with van der Waals surface area (Å²) in [5, 5.41) is 2.82. The summed E-state index contributed by atoms with van der Waals surface area (Å²) >= 11 is 0. The molecule has 0 aliphatic rings. The molecule has 0 radical (unpaired) electrons. The highest BCUT2D eigenvalue weighted by Crippen LogP contribution is 2.18. The van der Waals surface area contributed by atoms with Crippen LogP contribution in [-0.4, -0.2) is 26.2 Å². The summed E-state index contributed by atoms with van der Waals surface area (Å²) in [6.45, 7) is 2.88. The maximum absolute atomic E-state index is 11.9. The van der Waals surface area contributed by atoms with Crippen molar-refractivity contribution in [3.8, 4) is 17.2 Å². The van der Waals surface area contributed by atoms with Crippen LogP contribution in [0.3, 0.4) is 0 Å². The predicted octanol–water partition coefficient (Wildman–Crippen LogP) is 2.79. The van der Waals surface area contributed by atoms with Gasteiger partial charge < -0.3 is 19.5 Å². The summed E-state index contributed by atoms with van der Waals surface area (Å²) in [6.07, 6.45) is 0. The maximum Gasteiger partial charge on any atom is 0.258 e. The average Bonchev–Trinajstić information content (AvgIpc) is 2.60. The fourth-order valence-electron chi connectivity index (χ4n) is 2.01. The van der Waals surface area contributed by atoms with Crippen LogP contribution in [0.1, 0.15) is 12.5 Å². The first-order valence-electron chi connectivity index (χ1n) is 7.47. The Balaban J connectivity index is 1.81. The summed E-state index contributed by atoms with van der Waals surface area (Å²) in [5.41, 5.74) is 0.937. The lowest BCUT2D eigenvalue weighted by Crippen LogP contribution is -2.28. The van der Waals surface area contributed by atoms with Gasteiger partial charge in [0.2, 0.25) is 0 Å². The number of carbonyl (C=O) groups is 1. The van der Waals surface area contributed by atoms with E-state index >= 15 is 0 Å². The lowest BCUT2D eigenvalue weighted by Gasteiger charge is -2.11. The predicted molar refractivity (Wildman–Crippen MR) is 87.9 cm³/mol. The van der Waals surface area contributed by atoms with Crippen molar-refractivity contribution < 1.29 is 19.0 Å². The van der Waals surface area contributed by atoms with Crippen molar-refractivity contribution >= 4 is 5.91 Å². The Kier molecular flexibility index (Phi) is 6.29. The van der Waals surface area contributed by atoms with Crippen LogP contribution >= 0.6 is 0 Å². The minimum Gasteiger partial charge on any atom is -0.497 e. The van der Waals surface area contributed by atoms with Gasteiger partial charge in [-0.3, -0.25) is 4.79 Å². The van der Waals surface area contributed by atoms with E-state index < -0.39 is 0 Å². The first-order valence-corrected chi connectivity index (χ1v) is 7.47. The Morgan fingerprint density at radius 3 is 2.39 bits per heavy atom. The van der Waals surface area contributed by atoms with Gasteiger partial charge in [-0.2, -0.15) is 0 Å². The Morgan fingerprint density at radius 2 is 1.70 bits per heavy atom. The third-order valence-corrected chi connectivity index (χ3v) is 3.18. The summed E-state index contributed by atoms with van der Waals surface area (Å²) in [4.78, 5) is 11.9.